The van der Waals surface area contributed by atoms with Crippen molar-refractivity contribution in [1.82, 2.24) is 10.6 Å². The van der Waals surface area contributed by atoms with Gasteiger partial charge in [0.2, 0.25) is 0 Å². The van der Waals surface area contributed by atoms with E-state index in [0.717, 1.165) is 31.7 Å². The molecule has 4 nitrogen and oxygen atoms in total. The van der Waals surface area contributed by atoms with Gasteiger partial charge in [-0.2, -0.15) is 0 Å². The minimum absolute atomic E-state index is 0.358. The van der Waals surface area contributed by atoms with Crippen molar-refractivity contribution in [3.05, 3.63) is 29.8 Å². The Morgan fingerprint density at radius 1 is 1.50 bits per heavy atom. The molecule has 4 heteroatoms. The molecular formula is C14H22N2O2. The van der Waals surface area contributed by atoms with E-state index in [4.69, 9.17) is 4.74 Å². The molecule has 0 aromatic heterocycles. The minimum Gasteiger partial charge on any atom is -0.508 e. The van der Waals surface area contributed by atoms with E-state index >= 15 is 0 Å². The lowest BCUT2D eigenvalue weighted by atomic mass is 10.1. The molecule has 2 rings (SSSR count). The largest absolute Gasteiger partial charge is 0.508 e. The van der Waals surface area contributed by atoms with Crippen LogP contribution in [-0.2, 0) is 11.3 Å². The van der Waals surface area contributed by atoms with Gasteiger partial charge in [-0.15, -0.1) is 0 Å². The number of phenols is 1. The zero-order valence-corrected chi connectivity index (χ0v) is 10.9. The minimum atomic E-state index is 0.358. The lowest BCUT2D eigenvalue weighted by Gasteiger charge is -2.26. The second kappa shape index (κ2) is 6.73. The zero-order chi connectivity index (χ0) is 12.8. The number of morpholine rings is 1. The first-order valence-electron chi connectivity index (χ1n) is 6.57. The maximum atomic E-state index is 9.67. The molecule has 0 bridgehead atoms. The third-order valence-corrected chi connectivity index (χ3v) is 3.27. The van der Waals surface area contributed by atoms with Gasteiger partial charge in [0.05, 0.1) is 13.2 Å². The van der Waals surface area contributed by atoms with Crippen LogP contribution < -0.4 is 10.6 Å². The van der Waals surface area contributed by atoms with Crippen LogP contribution in [0, 0.1) is 0 Å². The highest BCUT2D eigenvalue weighted by molar-refractivity contribution is 5.31. The molecule has 0 amide bonds. The first kappa shape index (κ1) is 13.3. The topological polar surface area (TPSA) is 53.5 Å². The second-order valence-corrected chi connectivity index (χ2v) is 4.87. The summed E-state index contributed by atoms with van der Waals surface area (Å²) < 4.78 is 5.43. The Balaban J connectivity index is 1.74. The first-order valence-corrected chi connectivity index (χ1v) is 6.57. The highest BCUT2D eigenvalue weighted by Crippen LogP contribution is 2.15. The third-order valence-electron chi connectivity index (χ3n) is 3.27. The summed E-state index contributed by atoms with van der Waals surface area (Å²) in [6.07, 6.45) is 1.04. The quantitative estimate of drug-likeness (QED) is 0.736. The molecule has 0 saturated carbocycles. The van der Waals surface area contributed by atoms with Crippen LogP contribution in [0.2, 0.25) is 0 Å². The third kappa shape index (κ3) is 3.98. The summed E-state index contributed by atoms with van der Waals surface area (Å²) in [4.78, 5) is 0. The molecule has 1 fully saturated rings. The van der Waals surface area contributed by atoms with E-state index in [-0.39, 0.29) is 0 Å². The number of rotatable bonds is 5. The lowest BCUT2D eigenvalue weighted by Crippen LogP contribution is -2.44. The number of aromatic hydroxyl groups is 1. The molecule has 1 aliphatic rings. The molecule has 0 radical (unpaired) electrons. The Hall–Kier alpha value is -1.10. The predicted molar refractivity (Wildman–Crippen MR) is 71.6 cm³/mol. The number of para-hydroxylation sites is 1. The van der Waals surface area contributed by atoms with Gasteiger partial charge in [0, 0.05) is 30.7 Å². The van der Waals surface area contributed by atoms with Crippen molar-refractivity contribution >= 4 is 0 Å². The molecule has 1 heterocycles. The van der Waals surface area contributed by atoms with E-state index in [1.165, 1.54) is 0 Å². The van der Waals surface area contributed by atoms with Crippen LogP contribution in [0.4, 0.5) is 0 Å². The Morgan fingerprint density at radius 3 is 3.06 bits per heavy atom. The standard InChI is InChI=1S/C14H22N2O2/c1-11(8-13-10-18-7-6-15-13)16-9-12-4-2-3-5-14(12)17/h2-5,11,13,15-17H,6-10H2,1H3. The molecule has 2 atom stereocenters. The van der Waals surface area contributed by atoms with Gasteiger partial charge in [-0.3, -0.25) is 0 Å². The van der Waals surface area contributed by atoms with Gasteiger partial charge in [-0.25, -0.2) is 0 Å². The van der Waals surface area contributed by atoms with Gasteiger partial charge in [-0.05, 0) is 19.4 Å². The highest BCUT2D eigenvalue weighted by Gasteiger charge is 2.16. The summed E-state index contributed by atoms with van der Waals surface area (Å²) in [6, 6.07) is 8.27. The van der Waals surface area contributed by atoms with Gasteiger partial charge in [0.25, 0.3) is 0 Å². The van der Waals surface area contributed by atoms with E-state index in [0.29, 0.717) is 24.4 Å². The normalized spacial score (nSPS) is 21.7. The Bertz CT molecular complexity index is 365. The average Bonchev–Trinajstić information content (AvgIpc) is 2.39. The van der Waals surface area contributed by atoms with Crippen LogP contribution in [0.25, 0.3) is 0 Å². The number of hydrogen-bond acceptors (Lipinski definition) is 4. The molecule has 1 aromatic carbocycles. The molecule has 3 N–H and O–H groups in total. The fourth-order valence-corrected chi connectivity index (χ4v) is 2.23. The van der Waals surface area contributed by atoms with Crippen LogP contribution in [0.15, 0.2) is 24.3 Å². The van der Waals surface area contributed by atoms with Gasteiger partial charge < -0.3 is 20.5 Å². The van der Waals surface area contributed by atoms with Gasteiger partial charge in [0.15, 0.2) is 0 Å². The molecule has 0 spiro atoms. The molecule has 2 unspecified atom stereocenters. The SMILES string of the molecule is CC(CC1COCCN1)NCc1ccccc1O. The summed E-state index contributed by atoms with van der Waals surface area (Å²) in [5.74, 6) is 0.358. The van der Waals surface area contributed by atoms with Crippen molar-refractivity contribution in [2.75, 3.05) is 19.8 Å². The smallest absolute Gasteiger partial charge is 0.120 e. The van der Waals surface area contributed by atoms with Gasteiger partial charge >= 0.3 is 0 Å². The number of hydrogen-bond donors (Lipinski definition) is 3. The van der Waals surface area contributed by atoms with Gasteiger partial charge in [-0.1, -0.05) is 18.2 Å². The van der Waals surface area contributed by atoms with Crippen molar-refractivity contribution in [2.24, 2.45) is 0 Å². The number of nitrogens with one attached hydrogen (secondary N) is 2. The van der Waals surface area contributed by atoms with Crippen LogP contribution >= 0.6 is 0 Å². The molecule has 1 aliphatic heterocycles. The van der Waals surface area contributed by atoms with E-state index in [9.17, 15) is 5.11 Å². The maximum Gasteiger partial charge on any atom is 0.120 e. The first-order chi connectivity index (χ1) is 8.75. The fourth-order valence-electron chi connectivity index (χ4n) is 2.23. The van der Waals surface area contributed by atoms with Crippen LogP contribution in [0.5, 0.6) is 5.75 Å². The van der Waals surface area contributed by atoms with Crippen LogP contribution in [0.1, 0.15) is 18.9 Å². The Morgan fingerprint density at radius 2 is 2.33 bits per heavy atom. The number of ether oxygens (including phenoxy) is 1. The molecule has 100 valence electrons. The fraction of sp³-hybridized carbons (Fsp3) is 0.571. The number of benzene rings is 1. The van der Waals surface area contributed by atoms with Crippen LogP contribution in [-0.4, -0.2) is 36.9 Å². The molecule has 1 aromatic rings. The molecule has 18 heavy (non-hydrogen) atoms. The van der Waals surface area contributed by atoms with E-state index in [1.54, 1.807) is 6.07 Å². The van der Waals surface area contributed by atoms with Gasteiger partial charge in [0.1, 0.15) is 5.75 Å². The van der Waals surface area contributed by atoms with E-state index in [2.05, 4.69) is 17.6 Å². The summed E-state index contributed by atoms with van der Waals surface area (Å²) in [6.45, 7) is 5.41. The zero-order valence-electron chi connectivity index (χ0n) is 10.9. The Kier molecular flexibility index (Phi) is 4.99. The highest BCUT2D eigenvalue weighted by atomic mass is 16.5. The van der Waals surface area contributed by atoms with E-state index < -0.39 is 0 Å². The van der Waals surface area contributed by atoms with E-state index in [1.807, 2.05) is 18.2 Å². The number of phenolic OH excluding ortho intramolecular Hbond substituents is 1. The molecule has 1 saturated heterocycles. The lowest BCUT2D eigenvalue weighted by molar-refractivity contribution is 0.0712. The Labute approximate surface area is 108 Å². The summed E-state index contributed by atoms with van der Waals surface area (Å²) in [5.41, 5.74) is 0.942. The van der Waals surface area contributed by atoms with Crippen molar-refractivity contribution in [3.8, 4) is 5.75 Å². The van der Waals surface area contributed by atoms with Crippen molar-refractivity contribution in [3.63, 3.8) is 0 Å². The predicted octanol–water partition coefficient (Wildman–Crippen LogP) is 1.25. The van der Waals surface area contributed by atoms with Crippen molar-refractivity contribution in [1.29, 1.82) is 0 Å². The second-order valence-electron chi connectivity index (χ2n) is 4.87. The average molecular weight is 250 g/mol. The molecular weight excluding hydrogens is 228 g/mol. The van der Waals surface area contributed by atoms with Crippen LogP contribution in [0.3, 0.4) is 0 Å². The summed E-state index contributed by atoms with van der Waals surface area (Å²) in [7, 11) is 0. The summed E-state index contributed by atoms with van der Waals surface area (Å²) >= 11 is 0. The van der Waals surface area contributed by atoms with Crippen molar-refractivity contribution < 1.29 is 9.84 Å². The monoisotopic (exact) mass is 250 g/mol. The summed E-state index contributed by atoms with van der Waals surface area (Å²) in [5, 5.41) is 16.5. The maximum absolute atomic E-state index is 9.67. The van der Waals surface area contributed by atoms with Crippen molar-refractivity contribution in [2.45, 2.75) is 32.0 Å². The molecule has 0 aliphatic carbocycles.